The van der Waals surface area contributed by atoms with Gasteiger partial charge in [-0.2, -0.15) is 0 Å². The van der Waals surface area contributed by atoms with E-state index in [1.165, 1.54) is 7.11 Å². The van der Waals surface area contributed by atoms with Gasteiger partial charge in [0.1, 0.15) is 0 Å². The zero-order chi connectivity index (χ0) is 12.8. The zero-order valence-electron chi connectivity index (χ0n) is 9.97. The average Bonchev–Trinajstić information content (AvgIpc) is 2.27. The topological polar surface area (TPSA) is 63.6 Å². The highest BCUT2D eigenvalue weighted by Gasteiger charge is 2.19. The standard InChI is InChI=1S/C13H16O4/c1-9-4-3-5-10(6-9)11(7-12(14)15)8-13(16)17-2/h3-6,11H,7-8H2,1-2H3,(H,14,15). The van der Waals surface area contributed by atoms with E-state index in [0.29, 0.717) is 0 Å². The summed E-state index contributed by atoms with van der Waals surface area (Å²) in [4.78, 5) is 22.0. The maximum absolute atomic E-state index is 11.2. The number of esters is 1. The van der Waals surface area contributed by atoms with Crippen LogP contribution in [-0.4, -0.2) is 24.2 Å². The van der Waals surface area contributed by atoms with E-state index in [-0.39, 0.29) is 18.8 Å². The molecule has 0 spiro atoms. The van der Waals surface area contributed by atoms with E-state index in [1.54, 1.807) is 0 Å². The number of aryl methyl sites for hydroxylation is 1. The first-order chi connectivity index (χ1) is 8.02. The summed E-state index contributed by atoms with van der Waals surface area (Å²) < 4.78 is 4.58. The van der Waals surface area contributed by atoms with Gasteiger partial charge >= 0.3 is 11.9 Å². The van der Waals surface area contributed by atoms with E-state index in [1.807, 2.05) is 31.2 Å². The minimum absolute atomic E-state index is 0.0709. The molecule has 0 amide bonds. The Morgan fingerprint density at radius 1 is 1.35 bits per heavy atom. The Hall–Kier alpha value is -1.84. The molecule has 1 atom stereocenters. The third-order valence-corrected chi connectivity index (χ3v) is 2.58. The molecule has 1 rings (SSSR count). The molecular formula is C13H16O4. The number of methoxy groups -OCH3 is 1. The second kappa shape index (κ2) is 6.03. The van der Waals surface area contributed by atoms with Gasteiger partial charge in [0.05, 0.1) is 20.0 Å². The normalized spacial score (nSPS) is 11.9. The van der Waals surface area contributed by atoms with Crippen molar-refractivity contribution < 1.29 is 19.4 Å². The predicted molar refractivity (Wildman–Crippen MR) is 62.8 cm³/mol. The highest BCUT2D eigenvalue weighted by molar-refractivity contribution is 5.73. The minimum atomic E-state index is -0.916. The van der Waals surface area contributed by atoms with Gasteiger partial charge in [0.15, 0.2) is 0 Å². The molecule has 0 aromatic heterocycles. The first kappa shape index (κ1) is 13.2. The molecule has 1 aromatic carbocycles. The van der Waals surface area contributed by atoms with Crippen LogP contribution in [0, 0.1) is 6.92 Å². The van der Waals surface area contributed by atoms with Crippen molar-refractivity contribution in [2.75, 3.05) is 7.11 Å². The Bertz CT molecular complexity index is 412. The number of carboxylic acid groups (broad SMARTS) is 1. The number of carbonyl (C=O) groups is 2. The minimum Gasteiger partial charge on any atom is -0.481 e. The molecule has 0 saturated carbocycles. The van der Waals surface area contributed by atoms with E-state index in [2.05, 4.69) is 4.74 Å². The van der Waals surface area contributed by atoms with Crippen LogP contribution >= 0.6 is 0 Å². The molecule has 0 aliphatic rings. The summed E-state index contributed by atoms with van der Waals surface area (Å²) in [7, 11) is 1.30. The maximum Gasteiger partial charge on any atom is 0.306 e. The lowest BCUT2D eigenvalue weighted by Gasteiger charge is -2.14. The van der Waals surface area contributed by atoms with Crippen molar-refractivity contribution >= 4 is 11.9 Å². The first-order valence-corrected chi connectivity index (χ1v) is 5.38. The molecule has 0 aliphatic heterocycles. The lowest BCUT2D eigenvalue weighted by molar-refractivity contribution is -0.141. The van der Waals surface area contributed by atoms with Gasteiger partial charge in [0.25, 0.3) is 0 Å². The lowest BCUT2D eigenvalue weighted by Crippen LogP contribution is -2.12. The maximum atomic E-state index is 11.2. The molecule has 4 heteroatoms. The fraction of sp³-hybridized carbons (Fsp3) is 0.385. The smallest absolute Gasteiger partial charge is 0.306 e. The van der Waals surface area contributed by atoms with Gasteiger partial charge in [-0.15, -0.1) is 0 Å². The molecule has 92 valence electrons. The highest BCUT2D eigenvalue weighted by atomic mass is 16.5. The van der Waals surface area contributed by atoms with E-state index < -0.39 is 11.9 Å². The molecule has 1 N–H and O–H groups in total. The number of aliphatic carboxylic acids is 1. The largest absolute Gasteiger partial charge is 0.481 e. The quantitative estimate of drug-likeness (QED) is 0.795. The summed E-state index contributed by atoms with van der Waals surface area (Å²) >= 11 is 0. The Balaban J connectivity index is 2.89. The van der Waals surface area contributed by atoms with Gasteiger partial charge in [-0.3, -0.25) is 9.59 Å². The fourth-order valence-electron chi connectivity index (χ4n) is 1.73. The number of hydrogen-bond donors (Lipinski definition) is 1. The molecule has 0 radical (unpaired) electrons. The third kappa shape index (κ3) is 4.26. The van der Waals surface area contributed by atoms with Gasteiger partial charge in [0, 0.05) is 5.92 Å². The van der Waals surface area contributed by atoms with Crippen LogP contribution in [0.2, 0.25) is 0 Å². The molecule has 1 unspecified atom stereocenters. The summed E-state index contributed by atoms with van der Waals surface area (Å²) in [6.45, 7) is 1.93. The van der Waals surface area contributed by atoms with Gasteiger partial charge in [-0.05, 0) is 12.5 Å². The molecule has 4 nitrogen and oxygen atoms in total. The van der Waals surface area contributed by atoms with Crippen molar-refractivity contribution in [1.29, 1.82) is 0 Å². The number of rotatable bonds is 5. The Morgan fingerprint density at radius 3 is 2.59 bits per heavy atom. The number of hydrogen-bond acceptors (Lipinski definition) is 3. The van der Waals surface area contributed by atoms with Crippen molar-refractivity contribution in [3.05, 3.63) is 35.4 Å². The van der Waals surface area contributed by atoms with Crippen molar-refractivity contribution in [1.82, 2.24) is 0 Å². The summed E-state index contributed by atoms with van der Waals surface area (Å²) in [5, 5.41) is 8.85. The lowest BCUT2D eigenvalue weighted by atomic mass is 9.91. The first-order valence-electron chi connectivity index (χ1n) is 5.38. The molecule has 0 heterocycles. The number of carboxylic acids is 1. The molecule has 0 saturated heterocycles. The van der Waals surface area contributed by atoms with Crippen LogP contribution in [0.3, 0.4) is 0 Å². The van der Waals surface area contributed by atoms with E-state index in [4.69, 9.17) is 5.11 Å². The zero-order valence-corrected chi connectivity index (χ0v) is 9.97. The molecule has 0 fully saturated rings. The van der Waals surface area contributed by atoms with Crippen LogP contribution < -0.4 is 0 Å². The fourth-order valence-corrected chi connectivity index (χ4v) is 1.73. The van der Waals surface area contributed by atoms with Crippen LogP contribution in [0.5, 0.6) is 0 Å². The molecule has 0 bridgehead atoms. The Morgan fingerprint density at radius 2 is 2.06 bits per heavy atom. The van der Waals surface area contributed by atoms with Crippen LogP contribution in [0.25, 0.3) is 0 Å². The van der Waals surface area contributed by atoms with E-state index >= 15 is 0 Å². The highest BCUT2D eigenvalue weighted by Crippen LogP contribution is 2.24. The summed E-state index contributed by atoms with van der Waals surface area (Å²) in [6, 6.07) is 7.52. The van der Waals surface area contributed by atoms with Gasteiger partial charge in [0.2, 0.25) is 0 Å². The molecule has 0 aliphatic carbocycles. The Kier molecular flexibility index (Phi) is 4.69. The molecular weight excluding hydrogens is 220 g/mol. The number of ether oxygens (including phenoxy) is 1. The van der Waals surface area contributed by atoms with Crippen molar-refractivity contribution in [3.8, 4) is 0 Å². The predicted octanol–water partition coefficient (Wildman–Crippen LogP) is 2.12. The second-order valence-electron chi connectivity index (χ2n) is 3.99. The third-order valence-electron chi connectivity index (χ3n) is 2.58. The number of benzene rings is 1. The summed E-state index contributed by atoms with van der Waals surface area (Å²) in [5.41, 5.74) is 1.90. The molecule has 17 heavy (non-hydrogen) atoms. The van der Waals surface area contributed by atoms with E-state index in [0.717, 1.165) is 11.1 Å². The summed E-state index contributed by atoms with van der Waals surface area (Å²) in [6.07, 6.45) is 0.0187. The van der Waals surface area contributed by atoms with Gasteiger partial charge < -0.3 is 9.84 Å². The van der Waals surface area contributed by atoms with Crippen LogP contribution in [0.4, 0.5) is 0 Å². The second-order valence-corrected chi connectivity index (χ2v) is 3.99. The number of carbonyl (C=O) groups excluding carboxylic acids is 1. The van der Waals surface area contributed by atoms with Crippen LogP contribution in [-0.2, 0) is 14.3 Å². The van der Waals surface area contributed by atoms with Crippen molar-refractivity contribution in [2.45, 2.75) is 25.7 Å². The molecule has 1 aromatic rings. The summed E-state index contributed by atoms with van der Waals surface area (Å²) in [5.74, 6) is -1.64. The van der Waals surface area contributed by atoms with Crippen LogP contribution in [0.1, 0.15) is 29.9 Å². The monoisotopic (exact) mass is 236 g/mol. The van der Waals surface area contributed by atoms with Crippen molar-refractivity contribution in [2.24, 2.45) is 0 Å². The Labute approximate surface area is 100 Å². The van der Waals surface area contributed by atoms with Gasteiger partial charge in [-0.1, -0.05) is 29.8 Å². The van der Waals surface area contributed by atoms with Crippen molar-refractivity contribution in [3.63, 3.8) is 0 Å². The SMILES string of the molecule is COC(=O)CC(CC(=O)O)c1cccc(C)c1. The van der Waals surface area contributed by atoms with Crippen LogP contribution in [0.15, 0.2) is 24.3 Å². The average molecular weight is 236 g/mol. The van der Waals surface area contributed by atoms with E-state index in [9.17, 15) is 9.59 Å². The van der Waals surface area contributed by atoms with Gasteiger partial charge in [-0.25, -0.2) is 0 Å².